The Kier molecular flexibility index (Phi) is 8.32. The van der Waals surface area contributed by atoms with Crippen LogP contribution in [0, 0.1) is 0 Å². The van der Waals surface area contributed by atoms with E-state index in [4.69, 9.17) is 21.7 Å². The fraction of sp³-hybridized carbons (Fsp3) is 0.207. The maximum absolute atomic E-state index is 13.0. The average Bonchev–Trinajstić information content (AvgIpc) is 2.92. The van der Waals surface area contributed by atoms with Crippen LogP contribution in [0.4, 0.5) is 5.69 Å². The summed E-state index contributed by atoms with van der Waals surface area (Å²) in [5, 5.41) is 6.67. The third kappa shape index (κ3) is 6.04. The second kappa shape index (κ2) is 11.8. The molecule has 0 saturated heterocycles. The fourth-order valence-electron chi connectivity index (χ4n) is 4.09. The molecule has 0 aromatic heterocycles. The Morgan fingerprint density at radius 3 is 2.38 bits per heavy atom. The molecule has 190 valence electrons. The summed E-state index contributed by atoms with van der Waals surface area (Å²) in [6, 6.07) is 24.3. The van der Waals surface area contributed by atoms with Crippen LogP contribution in [0.15, 0.2) is 90.1 Å². The molecule has 3 aromatic carbocycles. The Morgan fingerprint density at radius 1 is 0.973 bits per heavy atom. The Balaban J connectivity index is 1.54. The third-order valence-electron chi connectivity index (χ3n) is 6.23. The van der Waals surface area contributed by atoms with E-state index < -0.39 is 12.0 Å². The van der Waals surface area contributed by atoms with E-state index in [9.17, 15) is 9.59 Å². The van der Waals surface area contributed by atoms with Crippen LogP contribution in [0.1, 0.15) is 28.9 Å². The molecule has 8 heteroatoms. The maximum atomic E-state index is 13.0. The van der Waals surface area contributed by atoms with Gasteiger partial charge in [-0.05, 0) is 60.1 Å². The predicted octanol–water partition coefficient (Wildman–Crippen LogP) is 4.93. The fourth-order valence-corrected chi connectivity index (χ4v) is 4.34. The molecule has 1 amide bonds. The summed E-state index contributed by atoms with van der Waals surface area (Å²) >= 11 is 5.48. The first-order valence-corrected chi connectivity index (χ1v) is 12.3. The van der Waals surface area contributed by atoms with Gasteiger partial charge in [-0.25, -0.2) is 4.79 Å². The van der Waals surface area contributed by atoms with Gasteiger partial charge in [-0.1, -0.05) is 54.6 Å². The summed E-state index contributed by atoms with van der Waals surface area (Å²) in [4.78, 5) is 27.7. The topological polar surface area (TPSA) is 79.9 Å². The molecule has 1 atom stereocenters. The minimum absolute atomic E-state index is 0.145. The highest BCUT2D eigenvalue weighted by Gasteiger charge is 2.33. The van der Waals surface area contributed by atoms with Crippen molar-refractivity contribution in [1.82, 2.24) is 10.2 Å². The number of nitrogens with one attached hydrogen (secondary N) is 2. The van der Waals surface area contributed by atoms with Crippen LogP contribution in [-0.4, -0.2) is 49.3 Å². The lowest BCUT2D eigenvalue weighted by Gasteiger charge is -2.35. The van der Waals surface area contributed by atoms with Crippen molar-refractivity contribution in [1.29, 1.82) is 0 Å². The van der Waals surface area contributed by atoms with E-state index in [1.54, 1.807) is 37.3 Å². The molecular formula is C29H29N3O4S. The summed E-state index contributed by atoms with van der Waals surface area (Å²) in [7, 11) is 3.34. The number of thiocarbonyl (C=S) groups is 1. The monoisotopic (exact) mass is 515 g/mol. The van der Waals surface area contributed by atoms with Crippen molar-refractivity contribution < 1.29 is 19.1 Å². The lowest BCUT2D eigenvalue weighted by Crippen LogP contribution is -2.46. The molecule has 4 rings (SSSR count). The zero-order valence-electron chi connectivity index (χ0n) is 21.0. The first kappa shape index (κ1) is 26.1. The van der Waals surface area contributed by atoms with Crippen molar-refractivity contribution in [3.63, 3.8) is 0 Å². The SMILES string of the molecule is COCCOC(=O)C1=C(C)N(C)C(=S)NC1c1cccc(NC(=O)c2ccc(-c3ccccc3)cc2)c1. The van der Waals surface area contributed by atoms with Crippen molar-refractivity contribution in [3.8, 4) is 11.1 Å². The first-order valence-electron chi connectivity index (χ1n) is 11.9. The molecule has 0 radical (unpaired) electrons. The van der Waals surface area contributed by atoms with E-state index in [1.807, 2.05) is 67.6 Å². The van der Waals surface area contributed by atoms with Crippen LogP contribution < -0.4 is 10.6 Å². The number of amides is 1. The van der Waals surface area contributed by atoms with Gasteiger partial charge in [0, 0.05) is 31.1 Å². The van der Waals surface area contributed by atoms with Gasteiger partial charge in [-0.15, -0.1) is 0 Å². The molecule has 1 aliphatic rings. The third-order valence-corrected chi connectivity index (χ3v) is 6.62. The standard InChI is InChI=1S/C29H29N3O4S/c1-19-25(28(34)36-17-16-35-3)26(31-29(37)32(19)2)23-10-7-11-24(18-23)30-27(33)22-14-12-21(13-15-22)20-8-5-4-6-9-20/h4-15,18,26H,16-17H2,1-3H3,(H,30,33)(H,31,37). The van der Waals surface area contributed by atoms with Crippen LogP contribution in [-0.2, 0) is 14.3 Å². The van der Waals surface area contributed by atoms with E-state index in [2.05, 4.69) is 10.6 Å². The number of rotatable bonds is 8. The predicted molar refractivity (Wildman–Crippen MR) is 148 cm³/mol. The Morgan fingerprint density at radius 2 is 1.68 bits per heavy atom. The van der Waals surface area contributed by atoms with Crippen LogP contribution in [0.2, 0.25) is 0 Å². The summed E-state index contributed by atoms with van der Waals surface area (Å²) in [5.41, 5.74) is 5.19. The van der Waals surface area contributed by atoms with Gasteiger partial charge in [0.2, 0.25) is 0 Å². The molecular weight excluding hydrogens is 486 g/mol. The van der Waals surface area contributed by atoms with E-state index >= 15 is 0 Å². The molecule has 3 aromatic rings. The number of benzene rings is 3. The largest absolute Gasteiger partial charge is 0.460 e. The lowest BCUT2D eigenvalue weighted by molar-refractivity contribution is -0.140. The van der Waals surface area contributed by atoms with Gasteiger partial charge in [-0.3, -0.25) is 4.79 Å². The first-order chi connectivity index (χ1) is 17.9. The Hall–Kier alpha value is -4.01. The number of allylic oxidation sites excluding steroid dienone is 1. The summed E-state index contributed by atoms with van der Waals surface area (Å²) in [5.74, 6) is -0.677. The Labute approximate surface area is 222 Å². The Bertz CT molecular complexity index is 1320. The molecule has 37 heavy (non-hydrogen) atoms. The second-order valence-electron chi connectivity index (χ2n) is 8.59. The number of carbonyl (C=O) groups is 2. The van der Waals surface area contributed by atoms with Gasteiger partial charge in [0.05, 0.1) is 18.2 Å². The van der Waals surface area contributed by atoms with Crippen LogP contribution >= 0.6 is 12.2 Å². The molecule has 0 saturated carbocycles. The smallest absolute Gasteiger partial charge is 0.338 e. The molecule has 0 bridgehead atoms. The van der Waals surface area contributed by atoms with Gasteiger partial charge >= 0.3 is 5.97 Å². The van der Waals surface area contributed by atoms with Crippen molar-refractivity contribution in [2.45, 2.75) is 13.0 Å². The zero-order valence-corrected chi connectivity index (χ0v) is 21.8. The normalized spacial score (nSPS) is 15.3. The van der Waals surface area contributed by atoms with Crippen molar-refractivity contribution in [3.05, 3.63) is 101 Å². The van der Waals surface area contributed by atoms with Gasteiger partial charge in [-0.2, -0.15) is 0 Å². The summed E-state index contributed by atoms with van der Waals surface area (Å²) in [6.45, 7) is 2.28. The highest BCUT2D eigenvalue weighted by molar-refractivity contribution is 7.80. The molecule has 1 heterocycles. The van der Waals surface area contributed by atoms with E-state index in [0.29, 0.717) is 34.2 Å². The van der Waals surface area contributed by atoms with Gasteiger partial charge in [0.25, 0.3) is 5.91 Å². The van der Waals surface area contributed by atoms with Gasteiger partial charge < -0.3 is 25.0 Å². The highest BCUT2D eigenvalue weighted by atomic mass is 32.1. The second-order valence-corrected chi connectivity index (χ2v) is 8.98. The average molecular weight is 516 g/mol. The minimum Gasteiger partial charge on any atom is -0.460 e. The van der Waals surface area contributed by atoms with E-state index in [0.717, 1.165) is 16.7 Å². The number of methoxy groups -OCH3 is 1. The number of ether oxygens (including phenoxy) is 2. The van der Waals surface area contributed by atoms with Gasteiger partial charge in [0.1, 0.15) is 6.61 Å². The van der Waals surface area contributed by atoms with E-state index in [-0.39, 0.29) is 12.5 Å². The minimum atomic E-state index is -0.527. The maximum Gasteiger partial charge on any atom is 0.338 e. The van der Waals surface area contributed by atoms with Crippen molar-refractivity contribution >= 4 is 34.9 Å². The molecule has 1 aliphatic heterocycles. The summed E-state index contributed by atoms with van der Waals surface area (Å²) in [6.07, 6.45) is 0. The number of esters is 1. The molecule has 2 N–H and O–H groups in total. The van der Waals surface area contributed by atoms with Crippen LogP contribution in [0.5, 0.6) is 0 Å². The lowest BCUT2D eigenvalue weighted by atomic mass is 9.94. The number of nitrogens with zero attached hydrogens (tertiary/aromatic N) is 1. The number of hydrogen-bond donors (Lipinski definition) is 2. The quantitative estimate of drug-likeness (QED) is 0.250. The molecule has 0 aliphatic carbocycles. The van der Waals surface area contributed by atoms with Gasteiger partial charge in [0.15, 0.2) is 5.11 Å². The number of hydrogen-bond acceptors (Lipinski definition) is 5. The molecule has 0 fully saturated rings. The van der Waals surface area contributed by atoms with Crippen LogP contribution in [0.25, 0.3) is 11.1 Å². The zero-order chi connectivity index (χ0) is 26.4. The van der Waals surface area contributed by atoms with Crippen molar-refractivity contribution in [2.75, 3.05) is 32.7 Å². The van der Waals surface area contributed by atoms with E-state index in [1.165, 1.54) is 0 Å². The molecule has 0 spiro atoms. The molecule has 1 unspecified atom stereocenters. The van der Waals surface area contributed by atoms with Crippen LogP contribution in [0.3, 0.4) is 0 Å². The number of anilines is 1. The molecule has 7 nitrogen and oxygen atoms in total. The number of carbonyl (C=O) groups excluding carboxylic acids is 2. The highest BCUT2D eigenvalue weighted by Crippen LogP contribution is 2.32. The van der Waals surface area contributed by atoms with Crippen molar-refractivity contribution in [2.24, 2.45) is 0 Å². The summed E-state index contributed by atoms with van der Waals surface area (Å²) < 4.78 is 10.4.